The smallest absolute Gasteiger partial charge is 0.236 e. The van der Waals surface area contributed by atoms with E-state index in [0.29, 0.717) is 0 Å². The van der Waals surface area contributed by atoms with E-state index in [4.69, 9.17) is 27.4 Å². The fourth-order valence-corrected chi connectivity index (χ4v) is 2.08. The largest absolute Gasteiger partial charge is 0.508 e. The van der Waals surface area contributed by atoms with Crippen molar-refractivity contribution >= 4 is 31.3 Å². The highest BCUT2D eigenvalue weighted by Gasteiger charge is 2.10. The van der Waals surface area contributed by atoms with Gasteiger partial charge in [-0.05, 0) is 23.8 Å². The van der Waals surface area contributed by atoms with Gasteiger partial charge in [0.15, 0.2) is 0 Å². The molecule has 0 saturated heterocycles. The number of hydrogen-bond donors (Lipinski definition) is 1. The van der Waals surface area contributed by atoms with Gasteiger partial charge in [0, 0.05) is 15.7 Å². The van der Waals surface area contributed by atoms with Gasteiger partial charge >= 0.3 is 0 Å². The van der Waals surface area contributed by atoms with Crippen LogP contribution in [0.15, 0.2) is 18.2 Å². The van der Waals surface area contributed by atoms with Crippen LogP contribution in [0, 0.1) is 0 Å². The zero-order valence-electron chi connectivity index (χ0n) is 6.37. The third-order valence-corrected chi connectivity index (χ3v) is 2.71. The van der Waals surface area contributed by atoms with Crippen molar-refractivity contribution in [2.75, 3.05) is 0 Å². The number of halogens is 2. The highest BCUT2D eigenvalue weighted by Crippen LogP contribution is 2.23. The topological polar surface area (TPSA) is 54.4 Å². The molecular weight excluding hydrogens is 235 g/mol. The minimum atomic E-state index is -3.64. The summed E-state index contributed by atoms with van der Waals surface area (Å²) in [5, 5.41) is 9.30. The number of rotatable bonds is 2. The Morgan fingerprint density at radius 1 is 1.38 bits per heavy atom. The van der Waals surface area contributed by atoms with Gasteiger partial charge < -0.3 is 5.11 Å². The Balaban J connectivity index is 3.08. The molecule has 0 aliphatic carbocycles. The Morgan fingerprint density at radius 3 is 2.54 bits per heavy atom. The lowest BCUT2D eigenvalue weighted by Gasteiger charge is -2.01. The molecule has 3 nitrogen and oxygen atoms in total. The molecule has 1 aromatic carbocycles. The maximum Gasteiger partial charge on any atom is 0.236 e. The van der Waals surface area contributed by atoms with Crippen LogP contribution < -0.4 is 0 Å². The van der Waals surface area contributed by atoms with Crippen molar-refractivity contribution in [2.24, 2.45) is 0 Å². The summed E-state index contributed by atoms with van der Waals surface area (Å²) in [5.41, 5.74) is 0.289. The number of phenolic OH excluding ortho intramolecular Hbond substituents is 1. The Kier molecular flexibility index (Phi) is 3.05. The zero-order chi connectivity index (χ0) is 10.1. The van der Waals surface area contributed by atoms with Gasteiger partial charge in [0.05, 0.1) is 5.75 Å². The van der Waals surface area contributed by atoms with E-state index in [1.165, 1.54) is 18.2 Å². The third-order valence-electron chi connectivity index (χ3n) is 1.36. The van der Waals surface area contributed by atoms with Gasteiger partial charge in [0.25, 0.3) is 0 Å². The molecule has 72 valence electrons. The highest BCUT2D eigenvalue weighted by atomic mass is 35.7. The maximum absolute atomic E-state index is 10.7. The van der Waals surface area contributed by atoms with Gasteiger partial charge in [-0.3, -0.25) is 0 Å². The first-order valence-electron chi connectivity index (χ1n) is 3.28. The Labute approximate surface area is 85.3 Å². The maximum atomic E-state index is 10.7. The minimum Gasteiger partial charge on any atom is -0.508 e. The van der Waals surface area contributed by atoms with E-state index in [0.717, 1.165) is 0 Å². The monoisotopic (exact) mass is 240 g/mol. The summed E-state index contributed by atoms with van der Waals surface area (Å²) in [4.78, 5) is 0. The molecule has 0 fully saturated rings. The number of phenols is 1. The molecule has 0 aromatic heterocycles. The SMILES string of the molecule is O=S(=O)(Cl)Cc1cc(O)ccc1Cl. The predicted octanol–water partition coefficient (Wildman–Crippen LogP) is 2.11. The van der Waals surface area contributed by atoms with E-state index in [2.05, 4.69) is 0 Å². The summed E-state index contributed by atoms with van der Waals surface area (Å²) < 4.78 is 21.4. The molecule has 6 heteroatoms. The van der Waals surface area contributed by atoms with Crippen LogP contribution in [0.4, 0.5) is 0 Å². The second kappa shape index (κ2) is 3.74. The van der Waals surface area contributed by atoms with Crippen molar-refractivity contribution in [2.45, 2.75) is 5.75 Å². The fourth-order valence-electron chi connectivity index (χ4n) is 0.858. The molecule has 1 aromatic rings. The summed E-state index contributed by atoms with van der Waals surface area (Å²) >= 11 is 5.67. The molecule has 0 heterocycles. The van der Waals surface area contributed by atoms with Crippen molar-refractivity contribution in [3.05, 3.63) is 28.8 Å². The molecule has 0 atom stereocenters. The number of hydrogen-bond acceptors (Lipinski definition) is 3. The molecule has 0 saturated carbocycles. The van der Waals surface area contributed by atoms with E-state index in [1.807, 2.05) is 0 Å². The third kappa shape index (κ3) is 3.42. The molecule has 0 spiro atoms. The van der Waals surface area contributed by atoms with Gasteiger partial charge in [-0.2, -0.15) is 0 Å². The average Bonchev–Trinajstić information content (AvgIpc) is 1.94. The quantitative estimate of drug-likeness (QED) is 0.807. The van der Waals surface area contributed by atoms with Crippen LogP contribution in [0.25, 0.3) is 0 Å². The molecule has 0 unspecified atom stereocenters. The van der Waals surface area contributed by atoms with E-state index in [-0.39, 0.29) is 22.1 Å². The van der Waals surface area contributed by atoms with Crippen molar-refractivity contribution in [1.82, 2.24) is 0 Å². The van der Waals surface area contributed by atoms with Crippen LogP contribution in [-0.4, -0.2) is 13.5 Å². The van der Waals surface area contributed by atoms with Crippen LogP contribution in [-0.2, 0) is 14.8 Å². The summed E-state index contributed by atoms with van der Waals surface area (Å²) in [7, 11) is 1.38. The van der Waals surface area contributed by atoms with Crippen molar-refractivity contribution < 1.29 is 13.5 Å². The first kappa shape index (κ1) is 10.6. The van der Waals surface area contributed by atoms with E-state index >= 15 is 0 Å². The number of aromatic hydroxyl groups is 1. The predicted molar refractivity (Wildman–Crippen MR) is 51.6 cm³/mol. The molecule has 0 amide bonds. The first-order valence-corrected chi connectivity index (χ1v) is 6.14. The number of benzene rings is 1. The van der Waals surface area contributed by atoms with Gasteiger partial charge in [-0.15, -0.1) is 0 Å². The molecule has 0 bridgehead atoms. The van der Waals surface area contributed by atoms with Gasteiger partial charge in [0.2, 0.25) is 9.05 Å². The second-order valence-corrected chi connectivity index (χ2v) is 5.64. The summed E-state index contributed by atoms with van der Waals surface area (Å²) in [6.45, 7) is 0. The molecule has 13 heavy (non-hydrogen) atoms. The Hall–Kier alpha value is -0.450. The normalized spacial score (nSPS) is 11.5. The lowest BCUT2D eigenvalue weighted by atomic mass is 10.2. The van der Waals surface area contributed by atoms with Crippen LogP contribution in [0.1, 0.15) is 5.56 Å². The van der Waals surface area contributed by atoms with Crippen LogP contribution in [0.3, 0.4) is 0 Å². The molecule has 0 radical (unpaired) electrons. The van der Waals surface area contributed by atoms with Crippen molar-refractivity contribution in [1.29, 1.82) is 0 Å². The van der Waals surface area contributed by atoms with E-state index in [1.54, 1.807) is 0 Å². The molecule has 0 aliphatic rings. The molecule has 0 aliphatic heterocycles. The highest BCUT2D eigenvalue weighted by molar-refractivity contribution is 8.13. The van der Waals surface area contributed by atoms with Gasteiger partial charge in [-0.25, -0.2) is 8.42 Å². The summed E-state index contributed by atoms with van der Waals surface area (Å²) in [6.07, 6.45) is 0. The Bertz CT molecular complexity index is 414. The zero-order valence-corrected chi connectivity index (χ0v) is 8.70. The van der Waals surface area contributed by atoms with Gasteiger partial charge in [0.1, 0.15) is 5.75 Å². The molecule has 1 rings (SSSR count). The summed E-state index contributed by atoms with van der Waals surface area (Å²) in [5.74, 6) is -0.429. The van der Waals surface area contributed by atoms with Crippen LogP contribution in [0.5, 0.6) is 5.75 Å². The van der Waals surface area contributed by atoms with Crippen molar-refractivity contribution in [3.63, 3.8) is 0 Å². The van der Waals surface area contributed by atoms with Crippen LogP contribution in [0.2, 0.25) is 5.02 Å². The average molecular weight is 241 g/mol. The van der Waals surface area contributed by atoms with Crippen molar-refractivity contribution in [3.8, 4) is 5.75 Å². The minimum absolute atomic E-state index is 0.0419. The first-order chi connectivity index (χ1) is 5.88. The molecular formula is C7H6Cl2O3S. The Morgan fingerprint density at radius 2 is 2.00 bits per heavy atom. The summed E-state index contributed by atoms with van der Waals surface area (Å²) in [6, 6.07) is 4.04. The second-order valence-electron chi connectivity index (χ2n) is 2.46. The van der Waals surface area contributed by atoms with E-state index < -0.39 is 9.05 Å². The lowest BCUT2D eigenvalue weighted by Crippen LogP contribution is -1.95. The van der Waals surface area contributed by atoms with Crippen LogP contribution >= 0.6 is 22.3 Å². The lowest BCUT2D eigenvalue weighted by molar-refractivity contribution is 0.475. The van der Waals surface area contributed by atoms with E-state index in [9.17, 15) is 8.42 Å². The van der Waals surface area contributed by atoms with Gasteiger partial charge in [-0.1, -0.05) is 11.6 Å². The molecule has 1 N–H and O–H groups in total. The standard InChI is InChI=1S/C7H6Cl2O3S/c8-7-2-1-6(10)3-5(7)4-13(9,11)12/h1-3,10H,4H2. The fraction of sp³-hybridized carbons (Fsp3) is 0.143.